The predicted molar refractivity (Wildman–Crippen MR) is 92.9 cm³/mol. The van der Waals surface area contributed by atoms with Gasteiger partial charge in [0.2, 0.25) is 5.91 Å². The molecule has 3 heteroatoms. The second kappa shape index (κ2) is 17.7. The zero-order valence-corrected chi connectivity index (χ0v) is 13.9. The van der Waals surface area contributed by atoms with E-state index < -0.39 is 5.91 Å². The maximum absolute atomic E-state index is 10.7. The number of rotatable bonds is 6. The molecule has 0 aromatic heterocycles. The maximum atomic E-state index is 10.7. The van der Waals surface area contributed by atoms with Gasteiger partial charge in [0, 0.05) is 19.3 Å². The lowest BCUT2D eigenvalue weighted by atomic mass is 10.1. The molecule has 23 heavy (non-hydrogen) atoms. The molecule has 2 N–H and O–H groups in total. The minimum Gasteiger partial charge on any atom is -0.289 e. The van der Waals surface area contributed by atoms with Crippen molar-refractivity contribution in [2.24, 2.45) is 0 Å². The van der Waals surface area contributed by atoms with Gasteiger partial charge in [-0.2, -0.15) is 0 Å². The fourth-order valence-corrected chi connectivity index (χ4v) is 1.56. The molecule has 0 aromatic carbocycles. The lowest BCUT2D eigenvalue weighted by Crippen LogP contribution is -2.17. The van der Waals surface area contributed by atoms with E-state index in [0.717, 1.165) is 6.42 Å². The summed E-state index contributed by atoms with van der Waals surface area (Å²) in [7, 11) is 0. The molecule has 0 bridgehead atoms. The van der Waals surface area contributed by atoms with Crippen molar-refractivity contribution < 1.29 is 10.0 Å². The Balaban J connectivity index is 3.61. The Bertz CT molecular complexity index is 562. The molecular weight excluding hydrogens is 286 g/mol. The molecule has 0 fully saturated rings. The summed E-state index contributed by atoms with van der Waals surface area (Å²) in [6.45, 7) is 2.20. The topological polar surface area (TPSA) is 49.3 Å². The third-order valence-corrected chi connectivity index (χ3v) is 2.79. The molecule has 0 atom stereocenters. The Labute approximate surface area is 140 Å². The van der Waals surface area contributed by atoms with Crippen LogP contribution >= 0.6 is 0 Å². The number of hydroxylamine groups is 1. The van der Waals surface area contributed by atoms with Gasteiger partial charge < -0.3 is 0 Å². The van der Waals surface area contributed by atoms with Crippen LogP contribution in [0.15, 0.2) is 0 Å². The summed E-state index contributed by atoms with van der Waals surface area (Å²) in [5, 5.41) is 8.28. The van der Waals surface area contributed by atoms with E-state index in [-0.39, 0.29) is 6.42 Å². The molecule has 0 saturated carbocycles. The Kier molecular flexibility index (Phi) is 15.9. The van der Waals surface area contributed by atoms with Crippen LogP contribution in [0.5, 0.6) is 0 Å². The molecule has 0 aliphatic carbocycles. The lowest BCUT2D eigenvalue weighted by Gasteiger charge is -1.91. The molecule has 0 aliphatic heterocycles. The molecule has 0 spiro atoms. The summed E-state index contributed by atoms with van der Waals surface area (Å²) in [5.41, 5.74) is 1.56. The van der Waals surface area contributed by atoms with Gasteiger partial charge in [0.15, 0.2) is 0 Å². The number of amides is 1. The van der Waals surface area contributed by atoms with Crippen molar-refractivity contribution in [1.82, 2.24) is 5.48 Å². The van der Waals surface area contributed by atoms with E-state index in [4.69, 9.17) is 5.21 Å². The first-order valence-corrected chi connectivity index (χ1v) is 8.07. The van der Waals surface area contributed by atoms with Gasteiger partial charge in [-0.15, -0.1) is 11.8 Å². The van der Waals surface area contributed by atoms with Crippen LogP contribution in [0.4, 0.5) is 0 Å². The van der Waals surface area contributed by atoms with Crippen LogP contribution in [0.25, 0.3) is 0 Å². The first-order valence-electron chi connectivity index (χ1n) is 8.07. The number of hydrogen-bond donors (Lipinski definition) is 2. The molecule has 3 nitrogen and oxygen atoms in total. The van der Waals surface area contributed by atoms with Crippen molar-refractivity contribution in [3.8, 4) is 47.4 Å². The standard InChI is InChI=1S/C20H25NO2/c1-2-3-4-5-6-7-8-9-10-11-12-13-14-15-16-17-18-19-20(22)21-23/h23H,2-6,9,12,15,18-19H2,1H3,(H,21,22). The van der Waals surface area contributed by atoms with Crippen LogP contribution in [0.2, 0.25) is 0 Å². The number of carbonyl (C=O) groups excluding carboxylic acids is 1. The van der Waals surface area contributed by atoms with Crippen LogP contribution in [0.3, 0.4) is 0 Å². The monoisotopic (exact) mass is 311 g/mol. The van der Waals surface area contributed by atoms with E-state index in [1.165, 1.54) is 25.7 Å². The van der Waals surface area contributed by atoms with E-state index in [1.54, 1.807) is 5.48 Å². The highest BCUT2D eigenvalue weighted by molar-refractivity contribution is 5.74. The fraction of sp³-hybridized carbons (Fsp3) is 0.550. The fourth-order valence-electron chi connectivity index (χ4n) is 1.56. The van der Waals surface area contributed by atoms with Crippen LogP contribution in [0, 0.1) is 47.4 Å². The van der Waals surface area contributed by atoms with Gasteiger partial charge in [0.1, 0.15) is 0 Å². The van der Waals surface area contributed by atoms with Crippen LogP contribution in [-0.2, 0) is 4.79 Å². The maximum Gasteiger partial charge on any atom is 0.244 e. The average Bonchev–Trinajstić information content (AvgIpc) is 2.57. The van der Waals surface area contributed by atoms with E-state index in [2.05, 4.69) is 54.3 Å². The molecule has 1 amide bonds. The first kappa shape index (κ1) is 20.7. The Hall–Kier alpha value is -2.33. The second-order valence-corrected chi connectivity index (χ2v) is 4.79. The SMILES string of the molecule is CCCCCCC#CCC#CCC#CCC#CCCC(=O)NO. The summed E-state index contributed by atoms with van der Waals surface area (Å²) in [6.07, 6.45) is 8.21. The smallest absolute Gasteiger partial charge is 0.244 e. The molecule has 0 unspecified atom stereocenters. The number of carbonyl (C=O) groups is 1. The van der Waals surface area contributed by atoms with Crippen molar-refractivity contribution in [1.29, 1.82) is 0 Å². The van der Waals surface area contributed by atoms with Gasteiger partial charge >= 0.3 is 0 Å². The van der Waals surface area contributed by atoms with Crippen molar-refractivity contribution >= 4 is 5.91 Å². The predicted octanol–water partition coefficient (Wildman–Crippen LogP) is 3.43. The number of nitrogens with one attached hydrogen (secondary N) is 1. The van der Waals surface area contributed by atoms with Crippen LogP contribution < -0.4 is 5.48 Å². The molecule has 0 saturated heterocycles. The molecule has 0 aromatic rings. The average molecular weight is 311 g/mol. The van der Waals surface area contributed by atoms with Crippen LogP contribution in [0.1, 0.15) is 71.1 Å². The molecule has 0 aliphatic rings. The van der Waals surface area contributed by atoms with Gasteiger partial charge in [0.25, 0.3) is 0 Å². The summed E-state index contributed by atoms with van der Waals surface area (Å²) >= 11 is 0. The van der Waals surface area contributed by atoms with Gasteiger partial charge in [-0.3, -0.25) is 10.0 Å². The summed E-state index contributed by atoms with van der Waals surface area (Å²) in [6, 6.07) is 0. The summed E-state index contributed by atoms with van der Waals surface area (Å²) in [4.78, 5) is 10.7. The van der Waals surface area contributed by atoms with Gasteiger partial charge in [-0.1, -0.05) is 61.7 Å². The zero-order chi connectivity index (χ0) is 17.0. The highest BCUT2D eigenvalue weighted by Gasteiger charge is 1.93. The van der Waals surface area contributed by atoms with Gasteiger partial charge in [-0.25, -0.2) is 5.48 Å². The second-order valence-electron chi connectivity index (χ2n) is 4.79. The highest BCUT2D eigenvalue weighted by atomic mass is 16.5. The Morgan fingerprint density at radius 2 is 1.30 bits per heavy atom. The molecule has 0 radical (unpaired) electrons. The third-order valence-electron chi connectivity index (χ3n) is 2.79. The van der Waals surface area contributed by atoms with Gasteiger partial charge in [-0.05, 0) is 6.42 Å². The Morgan fingerprint density at radius 3 is 1.83 bits per heavy atom. The zero-order valence-electron chi connectivity index (χ0n) is 13.9. The quantitative estimate of drug-likeness (QED) is 0.342. The van der Waals surface area contributed by atoms with E-state index in [0.29, 0.717) is 25.7 Å². The van der Waals surface area contributed by atoms with E-state index in [1.807, 2.05) is 0 Å². The minimum absolute atomic E-state index is 0.196. The molecule has 0 rings (SSSR count). The summed E-state index contributed by atoms with van der Waals surface area (Å²) in [5.74, 6) is 23.2. The summed E-state index contributed by atoms with van der Waals surface area (Å²) < 4.78 is 0. The van der Waals surface area contributed by atoms with Crippen molar-refractivity contribution in [2.75, 3.05) is 0 Å². The first-order chi connectivity index (χ1) is 11.3. The third kappa shape index (κ3) is 17.6. The molecule has 122 valence electrons. The largest absolute Gasteiger partial charge is 0.289 e. The van der Waals surface area contributed by atoms with Crippen molar-refractivity contribution in [2.45, 2.75) is 71.1 Å². The lowest BCUT2D eigenvalue weighted by molar-refractivity contribution is -0.129. The van der Waals surface area contributed by atoms with E-state index in [9.17, 15) is 4.79 Å². The minimum atomic E-state index is -0.426. The van der Waals surface area contributed by atoms with E-state index >= 15 is 0 Å². The normalized spacial score (nSPS) is 8.09. The van der Waals surface area contributed by atoms with Crippen LogP contribution in [-0.4, -0.2) is 11.1 Å². The highest BCUT2D eigenvalue weighted by Crippen LogP contribution is 2.00. The number of unbranched alkanes of at least 4 members (excludes halogenated alkanes) is 4. The van der Waals surface area contributed by atoms with Crippen molar-refractivity contribution in [3.63, 3.8) is 0 Å². The van der Waals surface area contributed by atoms with Gasteiger partial charge in [0.05, 0.1) is 19.3 Å². The molecular formula is C20H25NO2. The van der Waals surface area contributed by atoms with Crippen molar-refractivity contribution in [3.05, 3.63) is 0 Å². The Morgan fingerprint density at radius 1 is 0.783 bits per heavy atom. The molecule has 0 heterocycles. The number of hydrogen-bond acceptors (Lipinski definition) is 2.